The van der Waals surface area contributed by atoms with Crippen LogP contribution in [0.5, 0.6) is 0 Å². The molecule has 0 bridgehead atoms. The molecule has 0 radical (unpaired) electrons. The number of aryl methyl sites for hydroxylation is 1. The van der Waals surface area contributed by atoms with Crippen molar-refractivity contribution in [1.29, 1.82) is 0 Å². The highest BCUT2D eigenvalue weighted by molar-refractivity contribution is 5.80. The molecule has 8 nitrogen and oxygen atoms in total. The summed E-state index contributed by atoms with van der Waals surface area (Å²) in [6.07, 6.45) is 3.58. The lowest BCUT2D eigenvalue weighted by atomic mass is 10.4. The number of carbonyl (C=O) groups excluding carboxylic acids is 1. The molecule has 2 amide bonds. The van der Waals surface area contributed by atoms with Gasteiger partial charge in [0.1, 0.15) is 18.7 Å². The number of amides is 2. The van der Waals surface area contributed by atoms with E-state index in [4.69, 9.17) is 5.11 Å². The van der Waals surface area contributed by atoms with Gasteiger partial charge in [-0.25, -0.2) is 4.79 Å². The minimum Gasteiger partial charge on any atom is -0.480 e. The number of aromatic nitrogens is 3. The molecule has 0 saturated heterocycles. The molecule has 2 N–H and O–H groups in total. The molecule has 1 heterocycles. The lowest BCUT2D eigenvalue weighted by Crippen LogP contribution is -2.43. The largest absolute Gasteiger partial charge is 0.480 e. The summed E-state index contributed by atoms with van der Waals surface area (Å²) in [5.74, 6) is -0.320. The fourth-order valence-corrected chi connectivity index (χ4v) is 1.46. The van der Waals surface area contributed by atoms with Gasteiger partial charge in [-0.3, -0.25) is 4.79 Å². The lowest BCUT2D eigenvalue weighted by Gasteiger charge is -2.19. The zero-order valence-electron chi connectivity index (χ0n) is 10.7. The average molecular weight is 267 g/mol. The third-order valence-electron chi connectivity index (χ3n) is 2.39. The van der Waals surface area contributed by atoms with E-state index >= 15 is 0 Å². The van der Waals surface area contributed by atoms with Gasteiger partial charge in [0.15, 0.2) is 0 Å². The minimum atomic E-state index is -1.06. The second-order valence-electron chi connectivity index (χ2n) is 3.90. The van der Waals surface area contributed by atoms with Crippen molar-refractivity contribution < 1.29 is 14.7 Å². The number of nitrogens with one attached hydrogen (secondary N) is 1. The number of nitrogens with zero attached hydrogens (tertiary/aromatic N) is 4. The van der Waals surface area contributed by atoms with E-state index in [1.54, 1.807) is 10.9 Å². The van der Waals surface area contributed by atoms with E-state index in [2.05, 4.69) is 22.1 Å². The Morgan fingerprint density at radius 3 is 2.89 bits per heavy atom. The van der Waals surface area contributed by atoms with Gasteiger partial charge < -0.3 is 19.9 Å². The molecule has 0 aliphatic rings. The molecule has 1 aromatic rings. The Morgan fingerprint density at radius 1 is 1.63 bits per heavy atom. The topological polar surface area (TPSA) is 100 Å². The van der Waals surface area contributed by atoms with E-state index < -0.39 is 12.0 Å². The maximum Gasteiger partial charge on any atom is 0.323 e. The fourth-order valence-electron chi connectivity index (χ4n) is 1.46. The standard InChI is InChI=1S/C11H17N5O3/c1-3-6-16(7-10(17)18)11(19)12-5-4-9-14-13-8-15(9)2/h3,8H,1,4-7H2,2H3,(H,12,19)(H,17,18). The van der Waals surface area contributed by atoms with Crippen LogP contribution in [0.3, 0.4) is 0 Å². The van der Waals surface area contributed by atoms with Crippen molar-refractivity contribution in [1.82, 2.24) is 25.0 Å². The molecule has 0 aromatic carbocycles. The summed E-state index contributed by atoms with van der Waals surface area (Å²) in [7, 11) is 1.81. The van der Waals surface area contributed by atoms with Gasteiger partial charge in [0, 0.05) is 26.6 Å². The SMILES string of the molecule is C=CCN(CC(=O)O)C(=O)NCCc1nncn1C. The van der Waals surface area contributed by atoms with Crippen molar-refractivity contribution in [3.8, 4) is 0 Å². The summed E-state index contributed by atoms with van der Waals surface area (Å²) in [5.41, 5.74) is 0. The van der Waals surface area contributed by atoms with Crippen molar-refractivity contribution in [2.24, 2.45) is 7.05 Å². The first kappa shape index (κ1) is 14.7. The smallest absolute Gasteiger partial charge is 0.323 e. The monoisotopic (exact) mass is 267 g/mol. The van der Waals surface area contributed by atoms with E-state index in [0.717, 1.165) is 10.7 Å². The first-order chi connectivity index (χ1) is 9.04. The summed E-state index contributed by atoms with van der Waals surface area (Å²) in [6.45, 7) is 3.67. The van der Waals surface area contributed by atoms with Gasteiger partial charge in [-0.05, 0) is 0 Å². The molecule has 0 saturated carbocycles. The van der Waals surface area contributed by atoms with Gasteiger partial charge in [-0.15, -0.1) is 16.8 Å². The summed E-state index contributed by atoms with van der Waals surface area (Å²) in [4.78, 5) is 23.5. The van der Waals surface area contributed by atoms with E-state index in [1.165, 1.54) is 6.08 Å². The third-order valence-corrected chi connectivity index (χ3v) is 2.39. The molecular weight excluding hydrogens is 250 g/mol. The van der Waals surface area contributed by atoms with Gasteiger partial charge in [-0.2, -0.15) is 0 Å². The number of carbonyl (C=O) groups is 2. The van der Waals surface area contributed by atoms with Crippen molar-refractivity contribution in [2.45, 2.75) is 6.42 Å². The quantitative estimate of drug-likeness (QED) is 0.657. The minimum absolute atomic E-state index is 0.183. The predicted octanol–water partition coefficient (Wildman–Crippen LogP) is -0.360. The number of urea groups is 1. The number of hydrogen-bond donors (Lipinski definition) is 2. The zero-order chi connectivity index (χ0) is 14.3. The van der Waals surface area contributed by atoms with Crippen molar-refractivity contribution in [3.05, 3.63) is 24.8 Å². The van der Waals surface area contributed by atoms with Gasteiger partial charge in [0.2, 0.25) is 0 Å². The molecule has 1 aromatic heterocycles. The summed E-state index contributed by atoms with van der Waals surface area (Å²) in [5, 5.41) is 18.9. The van der Waals surface area contributed by atoms with Gasteiger partial charge in [-0.1, -0.05) is 6.08 Å². The van der Waals surface area contributed by atoms with Gasteiger partial charge in [0.05, 0.1) is 0 Å². The molecule has 0 spiro atoms. The zero-order valence-corrected chi connectivity index (χ0v) is 10.7. The molecular formula is C11H17N5O3. The molecule has 0 atom stereocenters. The fraction of sp³-hybridized carbons (Fsp3) is 0.455. The molecule has 19 heavy (non-hydrogen) atoms. The van der Waals surface area contributed by atoms with Crippen LogP contribution in [0, 0.1) is 0 Å². The molecule has 0 aliphatic heterocycles. The van der Waals surface area contributed by atoms with E-state index in [9.17, 15) is 9.59 Å². The Hall–Kier alpha value is -2.38. The van der Waals surface area contributed by atoms with Crippen LogP contribution in [0.15, 0.2) is 19.0 Å². The van der Waals surface area contributed by atoms with Crippen LogP contribution in [-0.2, 0) is 18.3 Å². The molecule has 104 valence electrons. The van der Waals surface area contributed by atoms with Gasteiger partial charge >= 0.3 is 12.0 Å². The maximum atomic E-state index is 11.7. The molecule has 0 fully saturated rings. The highest BCUT2D eigenvalue weighted by Gasteiger charge is 2.14. The normalized spacial score (nSPS) is 9.95. The van der Waals surface area contributed by atoms with Crippen molar-refractivity contribution >= 4 is 12.0 Å². The van der Waals surface area contributed by atoms with Crippen LogP contribution < -0.4 is 5.32 Å². The van der Waals surface area contributed by atoms with Crippen LogP contribution in [0.25, 0.3) is 0 Å². The number of carboxylic acid groups (broad SMARTS) is 1. The van der Waals surface area contributed by atoms with E-state index in [-0.39, 0.29) is 13.1 Å². The molecule has 0 unspecified atom stereocenters. The van der Waals surface area contributed by atoms with Crippen molar-refractivity contribution in [3.63, 3.8) is 0 Å². The highest BCUT2D eigenvalue weighted by Crippen LogP contribution is 1.94. The summed E-state index contributed by atoms with van der Waals surface area (Å²) >= 11 is 0. The molecule has 1 rings (SSSR count). The first-order valence-electron chi connectivity index (χ1n) is 5.73. The predicted molar refractivity (Wildman–Crippen MR) is 67.5 cm³/mol. The highest BCUT2D eigenvalue weighted by atomic mass is 16.4. The summed E-state index contributed by atoms with van der Waals surface area (Å²) in [6, 6.07) is -0.440. The molecule has 8 heteroatoms. The average Bonchev–Trinajstić information content (AvgIpc) is 2.74. The number of aliphatic carboxylic acids is 1. The Bertz CT molecular complexity index is 457. The Kier molecular flexibility index (Phi) is 5.52. The van der Waals surface area contributed by atoms with Crippen molar-refractivity contribution in [2.75, 3.05) is 19.6 Å². The van der Waals surface area contributed by atoms with Gasteiger partial charge in [0.25, 0.3) is 0 Å². The summed E-state index contributed by atoms with van der Waals surface area (Å²) < 4.78 is 1.75. The van der Waals surface area contributed by atoms with E-state index in [1.807, 2.05) is 7.05 Å². The van der Waals surface area contributed by atoms with Crippen LogP contribution in [0.2, 0.25) is 0 Å². The van der Waals surface area contributed by atoms with Crippen LogP contribution >= 0.6 is 0 Å². The number of rotatable bonds is 7. The second kappa shape index (κ2) is 7.14. The first-order valence-corrected chi connectivity index (χ1v) is 5.73. The van der Waals surface area contributed by atoms with Crippen LogP contribution in [0.1, 0.15) is 5.82 Å². The lowest BCUT2D eigenvalue weighted by molar-refractivity contribution is -0.137. The molecule has 0 aliphatic carbocycles. The van der Waals surface area contributed by atoms with E-state index in [0.29, 0.717) is 13.0 Å². The second-order valence-corrected chi connectivity index (χ2v) is 3.90. The Labute approximate surface area is 110 Å². The maximum absolute atomic E-state index is 11.7. The van der Waals surface area contributed by atoms with Crippen LogP contribution in [0.4, 0.5) is 4.79 Å². The Balaban J connectivity index is 2.41. The third kappa shape index (κ3) is 4.78. The van der Waals surface area contributed by atoms with Crippen LogP contribution in [-0.4, -0.2) is 56.4 Å². The number of carboxylic acids is 1. The Morgan fingerprint density at radius 2 is 2.37 bits per heavy atom. The number of hydrogen-bond acceptors (Lipinski definition) is 4.